The lowest BCUT2D eigenvalue weighted by molar-refractivity contribution is 0.163. The third kappa shape index (κ3) is 4.51. The van der Waals surface area contributed by atoms with E-state index in [0.717, 1.165) is 44.8 Å². The third-order valence-corrected chi connectivity index (χ3v) is 10.7. The summed E-state index contributed by atoms with van der Waals surface area (Å²) in [7, 11) is 9.24. The van der Waals surface area contributed by atoms with Crippen molar-refractivity contribution < 1.29 is 18.9 Å². The van der Waals surface area contributed by atoms with Crippen molar-refractivity contribution >= 4 is 22.5 Å². The van der Waals surface area contributed by atoms with Crippen LogP contribution in [0.3, 0.4) is 0 Å². The largest absolute Gasteiger partial charge is 0.497 e. The van der Waals surface area contributed by atoms with Crippen LogP contribution in [-0.2, 0) is 5.60 Å². The van der Waals surface area contributed by atoms with Gasteiger partial charge in [-0.1, -0.05) is 67.4 Å². The van der Waals surface area contributed by atoms with Gasteiger partial charge in [0.15, 0.2) is 17.1 Å². The molecule has 2 aliphatic carbocycles. The number of fused-ring (bicyclic) bond motifs is 11. The summed E-state index contributed by atoms with van der Waals surface area (Å²) in [6.07, 6.45) is 9.49. The molecule has 1 saturated carbocycles. The fraction of sp³-hybridized carbons (Fsp3) is 0.286. The SMILES string of the molecule is COc1ccc(C2(c3ccc(N(C)C)cc3)C=Cc3c4c(c5cc(OC)c(OC)cc5c3O2)-c2ccccc2C2CCCCC42)cc1. The minimum absolute atomic E-state index is 0.418. The summed E-state index contributed by atoms with van der Waals surface area (Å²) in [5.41, 5.74) is 9.05. The Balaban J connectivity index is 1.45. The second-order valence-corrected chi connectivity index (χ2v) is 13.2. The first-order valence-corrected chi connectivity index (χ1v) is 16.6. The van der Waals surface area contributed by atoms with E-state index in [2.05, 4.69) is 104 Å². The standard InChI is InChI=1S/C42H41NO4/c1-43(2)28-18-14-26(15-19-28)42(27-16-20-29(44-3)21-17-27)23-22-34-39-32-12-8-6-10-30(32)31-11-7-9-13-33(31)40(39)35-24-37(45-4)38(46-5)25-36(35)41(34)47-42/h7,9,11,13-25,30,32H,6,8,10,12H2,1-5H3. The molecule has 8 rings (SSSR count). The molecule has 1 heterocycles. The highest BCUT2D eigenvalue weighted by Crippen LogP contribution is 2.60. The van der Waals surface area contributed by atoms with E-state index in [4.69, 9.17) is 18.9 Å². The maximum absolute atomic E-state index is 7.55. The second kappa shape index (κ2) is 11.4. The van der Waals surface area contributed by atoms with Gasteiger partial charge in [-0.15, -0.1) is 0 Å². The highest BCUT2D eigenvalue weighted by Gasteiger charge is 2.43. The van der Waals surface area contributed by atoms with E-state index in [1.807, 2.05) is 12.1 Å². The van der Waals surface area contributed by atoms with Gasteiger partial charge in [0.25, 0.3) is 0 Å². The number of rotatable bonds is 6. The highest BCUT2D eigenvalue weighted by molar-refractivity contribution is 6.08. The predicted molar refractivity (Wildman–Crippen MR) is 191 cm³/mol. The number of benzene rings is 5. The molecule has 0 spiro atoms. The topological polar surface area (TPSA) is 40.2 Å². The molecule has 238 valence electrons. The molecular formula is C42H41NO4. The lowest BCUT2D eigenvalue weighted by atomic mass is 9.63. The lowest BCUT2D eigenvalue weighted by Crippen LogP contribution is -2.35. The molecule has 47 heavy (non-hydrogen) atoms. The summed E-state index contributed by atoms with van der Waals surface area (Å²) >= 11 is 0. The zero-order valence-electron chi connectivity index (χ0n) is 27.8. The number of nitrogens with zero attached hydrogens (tertiary/aromatic N) is 1. The molecule has 3 unspecified atom stereocenters. The van der Waals surface area contributed by atoms with Gasteiger partial charge in [0.2, 0.25) is 0 Å². The molecule has 1 fully saturated rings. The van der Waals surface area contributed by atoms with E-state index >= 15 is 0 Å². The fourth-order valence-corrected chi connectivity index (χ4v) is 8.39. The quantitative estimate of drug-likeness (QED) is 0.188. The molecular weight excluding hydrogens is 582 g/mol. The van der Waals surface area contributed by atoms with E-state index in [1.165, 1.54) is 53.5 Å². The van der Waals surface area contributed by atoms with Gasteiger partial charge in [0.05, 0.1) is 21.3 Å². The average molecular weight is 624 g/mol. The molecule has 0 bridgehead atoms. The molecule has 0 saturated heterocycles. The monoisotopic (exact) mass is 623 g/mol. The van der Waals surface area contributed by atoms with Gasteiger partial charge in [-0.2, -0.15) is 0 Å². The Hall–Kier alpha value is -4.90. The summed E-state index contributed by atoms with van der Waals surface area (Å²) in [4.78, 5) is 2.12. The number of anilines is 1. The van der Waals surface area contributed by atoms with Crippen molar-refractivity contribution in [3.05, 3.63) is 119 Å². The zero-order chi connectivity index (χ0) is 32.3. The minimum atomic E-state index is -0.864. The van der Waals surface area contributed by atoms with Gasteiger partial charge in [-0.3, -0.25) is 0 Å². The average Bonchev–Trinajstić information content (AvgIpc) is 3.13. The molecule has 5 aromatic rings. The van der Waals surface area contributed by atoms with Crippen molar-refractivity contribution in [1.29, 1.82) is 0 Å². The zero-order valence-corrected chi connectivity index (χ0v) is 27.8. The van der Waals surface area contributed by atoms with Crippen molar-refractivity contribution in [3.8, 4) is 34.1 Å². The Bertz CT molecular complexity index is 2010. The Morgan fingerprint density at radius 3 is 2.02 bits per heavy atom. The van der Waals surface area contributed by atoms with Crippen LogP contribution in [-0.4, -0.2) is 35.4 Å². The van der Waals surface area contributed by atoms with Crippen LogP contribution in [0.15, 0.2) is 91.0 Å². The van der Waals surface area contributed by atoms with Crippen LogP contribution in [0.25, 0.3) is 28.0 Å². The van der Waals surface area contributed by atoms with Gasteiger partial charge in [0.1, 0.15) is 11.5 Å². The van der Waals surface area contributed by atoms with Crippen molar-refractivity contribution in [3.63, 3.8) is 0 Å². The van der Waals surface area contributed by atoms with E-state index in [-0.39, 0.29) is 0 Å². The molecule has 3 aliphatic rings. The number of methoxy groups -OCH3 is 3. The smallest absolute Gasteiger partial charge is 0.178 e. The molecule has 1 aliphatic heterocycles. The van der Waals surface area contributed by atoms with Gasteiger partial charge in [-0.05, 0) is 94.8 Å². The van der Waals surface area contributed by atoms with E-state index in [9.17, 15) is 0 Å². The first kappa shape index (κ1) is 29.5. The van der Waals surface area contributed by atoms with Crippen molar-refractivity contribution in [1.82, 2.24) is 0 Å². The Kier molecular flexibility index (Phi) is 7.16. The van der Waals surface area contributed by atoms with Gasteiger partial charge >= 0.3 is 0 Å². The Morgan fingerprint density at radius 2 is 1.36 bits per heavy atom. The number of hydrogen-bond acceptors (Lipinski definition) is 5. The summed E-state index contributed by atoms with van der Waals surface area (Å²) in [5.74, 6) is 4.02. The second-order valence-electron chi connectivity index (χ2n) is 13.2. The van der Waals surface area contributed by atoms with Crippen molar-refractivity contribution in [2.24, 2.45) is 0 Å². The van der Waals surface area contributed by atoms with Crippen LogP contribution >= 0.6 is 0 Å². The van der Waals surface area contributed by atoms with Gasteiger partial charge in [-0.25, -0.2) is 0 Å². The summed E-state index contributed by atoms with van der Waals surface area (Å²) in [6.45, 7) is 0. The van der Waals surface area contributed by atoms with E-state index < -0.39 is 5.60 Å². The summed E-state index contributed by atoms with van der Waals surface area (Å²) in [6, 6.07) is 30.3. The van der Waals surface area contributed by atoms with E-state index in [0.29, 0.717) is 17.6 Å². The molecule has 5 aromatic carbocycles. The molecule has 0 amide bonds. The highest BCUT2D eigenvalue weighted by atomic mass is 16.5. The van der Waals surface area contributed by atoms with Crippen LogP contribution in [0.2, 0.25) is 0 Å². The van der Waals surface area contributed by atoms with Crippen LogP contribution in [0.5, 0.6) is 23.0 Å². The number of hydrogen-bond donors (Lipinski definition) is 0. The van der Waals surface area contributed by atoms with Crippen molar-refractivity contribution in [2.45, 2.75) is 43.1 Å². The Labute approximate surface area is 277 Å². The first-order valence-electron chi connectivity index (χ1n) is 16.6. The lowest BCUT2D eigenvalue weighted by Gasteiger charge is -2.43. The molecule has 0 radical (unpaired) electrons. The van der Waals surface area contributed by atoms with Crippen molar-refractivity contribution in [2.75, 3.05) is 40.3 Å². The maximum Gasteiger partial charge on any atom is 0.178 e. The van der Waals surface area contributed by atoms with Crippen LogP contribution in [0.1, 0.15) is 65.3 Å². The van der Waals surface area contributed by atoms with Gasteiger partial charge < -0.3 is 23.8 Å². The normalized spacial score (nSPS) is 20.7. The number of ether oxygens (including phenoxy) is 4. The van der Waals surface area contributed by atoms with Crippen LogP contribution in [0.4, 0.5) is 5.69 Å². The first-order chi connectivity index (χ1) is 23.0. The predicted octanol–water partition coefficient (Wildman–Crippen LogP) is 9.70. The van der Waals surface area contributed by atoms with Gasteiger partial charge in [0, 0.05) is 41.9 Å². The molecule has 5 heteroatoms. The fourth-order valence-electron chi connectivity index (χ4n) is 8.39. The molecule has 0 N–H and O–H groups in total. The Morgan fingerprint density at radius 1 is 0.723 bits per heavy atom. The van der Waals surface area contributed by atoms with Crippen LogP contribution in [0, 0.1) is 0 Å². The molecule has 5 nitrogen and oxygen atoms in total. The summed E-state index contributed by atoms with van der Waals surface area (Å²) in [5, 5.41) is 2.15. The molecule has 0 aromatic heterocycles. The minimum Gasteiger partial charge on any atom is -0.497 e. The molecule has 3 atom stereocenters. The third-order valence-electron chi connectivity index (χ3n) is 10.7. The summed E-state index contributed by atoms with van der Waals surface area (Å²) < 4.78 is 24.9. The maximum atomic E-state index is 7.55. The van der Waals surface area contributed by atoms with E-state index in [1.54, 1.807) is 21.3 Å². The van der Waals surface area contributed by atoms with Crippen LogP contribution < -0.4 is 23.8 Å².